The van der Waals surface area contributed by atoms with E-state index in [0.29, 0.717) is 17.5 Å². The van der Waals surface area contributed by atoms with Crippen LogP contribution < -0.4 is 0 Å². The predicted octanol–water partition coefficient (Wildman–Crippen LogP) is 4.17. The molecule has 0 saturated heterocycles. The van der Waals surface area contributed by atoms with Crippen molar-refractivity contribution in [2.24, 2.45) is 0 Å². The Morgan fingerprint density at radius 2 is 1.82 bits per heavy atom. The minimum atomic E-state index is -0.302. The Morgan fingerprint density at radius 1 is 1.14 bits per heavy atom. The van der Waals surface area contributed by atoms with Gasteiger partial charge in [-0.2, -0.15) is 0 Å². The molecule has 1 N–H and O–H groups in total. The van der Waals surface area contributed by atoms with Crippen molar-refractivity contribution >= 4 is 17.7 Å². The van der Waals surface area contributed by atoms with Gasteiger partial charge < -0.3 is 4.90 Å². The lowest BCUT2D eigenvalue weighted by Gasteiger charge is -2.37. The molecular weight excluding hydrogens is 370 g/mol. The number of nitrogens with zero attached hydrogens (tertiary/aromatic N) is 4. The lowest BCUT2D eigenvalue weighted by molar-refractivity contribution is -0.135. The fraction of sp³-hybridized carbons (Fsp3) is 0.333. The summed E-state index contributed by atoms with van der Waals surface area (Å²) in [6.07, 6.45) is 3.42. The summed E-state index contributed by atoms with van der Waals surface area (Å²) in [6.45, 7) is 8.64. The highest BCUT2D eigenvalue weighted by atomic mass is 32.2. The summed E-state index contributed by atoms with van der Waals surface area (Å²) in [5, 5.41) is 7.44. The SMILES string of the molecule is C[C@H](Sc1n[nH]c(-c2ccncc2)n1)C(=O)N(Cc1ccccc1)C(C)(C)C. The van der Waals surface area contributed by atoms with Gasteiger partial charge in [-0.15, -0.1) is 5.10 Å². The molecule has 0 fully saturated rings. The fourth-order valence-corrected chi connectivity index (χ4v) is 3.56. The molecule has 1 atom stereocenters. The van der Waals surface area contributed by atoms with Crippen LogP contribution in [0.1, 0.15) is 33.3 Å². The summed E-state index contributed by atoms with van der Waals surface area (Å²) < 4.78 is 0. The Bertz CT molecular complexity index is 905. The second-order valence-electron chi connectivity index (χ2n) is 7.54. The molecule has 7 heteroatoms. The van der Waals surface area contributed by atoms with Crippen LogP contribution in [0.4, 0.5) is 0 Å². The minimum Gasteiger partial charge on any atom is -0.333 e. The van der Waals surface area contributed by atoms with Crippen molar-refractivity contribution in [2.75, 3.05) is 0 Å². The summed E-state index contributed by atoms with van der Waals surface area (Å²) in [7, 11) is 0. The minimum absolute atomic E-state index is 0.0663. The molecule has 2 aromatic heterocycles. The van der Waals surface area contributed by atoms with E-state index in [0.717, 1.165) is 11.1 Å². The van der Waals surface area contributed by atoms with Crippen LogP contribution in [0, 0.1) is 0 Å². The molecule has 1 amide bonds. The first kappa shape index (κ1) is 20.1. The Balaban J connectivity index is 1.72. The number of amides is 1. The van der Waals surface area contributed by atoms with Crippen LogP contribution in [-0.4, -0.2) is 41.8 Å². The van der Waals surface area contributed by atoms with Gasteiger partial charge in [-0.1, -0.05) is 42.1 Å². The van der Waals surface area contributed by atoms with Gasteiger partial charge >= 0.3 is 0 Å². The highest BCUT2D eigenvalue weighted by molar-refractivity contribution is 8.00. The number of benzene rings is 1. The monoisotopic (exact) mass is 395 g/mol. The molecule has 0 radical (unpaired) electrons. The summed E-state index contributed by atoms with van der Waals surface area (Å²) in [4.78, 5) is 23.6. The van der Waals surface area contributed by atoms with Gasteiger partial charge in [0.1, 0.15) is 0 Å². The number of pyridine rings is 1. The molecule has 0 bridgehead atoms. The van der Waals surface area contributed by atoms with Gasteiger partial charge in [-0.3, -0.25) is 14.9 Å². The molecule has 0 spiro atoms. The van der Waals surface area contributed by atoms with Crippen LogP contribution in [0.2, 0.25) is 0 Å². The second kappa shape index (κ2) is 8.56. The number of aromatic amines is 1. The van der Waals surface area contributed by atoms with Crippen LogP contribution in [0.15, 0.2) is 60.0 Å². The van der Waals surface area contributed by atoms with Gasteiger partial charge in [0.25, 0.3) is 0 Å². The maximum Gasteiger partial charge on any atom is 0.236 e. The van der Waals surface area contributed by atoms with Crippen LogP contribution in [0.3, 0.4) is 0 Å². The number of thioether (sulfide) groups is 1. The third kappa shape index (κ3) is 4.98. The number of H-pyrrole nitrogens is 1. The normalized spacial score (nSPS) is 12.6. The first-order valence-corrected chi connectivity index (χ1v) is 10.1. The first-order valence-electron chi connectivity index (χ1n) is 9.19. The molecule has 0 saturated carbocycles. The topological polar surface area (TPSA) is 74.8 Å². The van der Waals surface area contributed by atoms with Gasteiger partial charge in [-0.05, 0) is 45.4 Å². The van der Waals surface area contributed by atoms with Crippen LogP contribution in [-0.2, 0) is 11.3 Å². The Labute approximate surface area is 169 Å². The Morgan fingerprint density at radius 3 is 2.46 bits per heavy atom. The molecule has 146 valence electrons. The van der Waals surface area contributed by atoms with Crippen molar-refractivity contribution in [3.8, 4) is 11.4 Å². The fourth-order valence-electron chi connectivity index (χ4n) is 2.78. The molecule has 0 aliphatic rings. The number of hydrogen-bond donors (Lipinski definition) is 1. The molecule has 2 heterocycles. The molecule has 3 rings (SSSR count). The van der Waals surface area contributed by atoms with Gasteiger partial charge in [-0.25, -0.2) is 4.98 Å². The maximum absolute atomic E-state index is 13.2. The Kier molecular flexibility index (Phi) is 6.14. The molecule has 0 unspecified atom stereocenters. The number of carbonyl (C=O) groups excluding carboxylic acids is 1. The smallest absolute Gasteiger partial charge is 0.236 e. The first-order chi connectivity index (χ1) is 13.3. The number of carbonyl (C=O) groups is 1. The molecule has 28 heavy (non-hydrogen) atoms. The standard InChI is InChI=1S/C21H25N5OS/c1-15(28-20-23-18(24-25-20)17-10-12-22-13-11-17)19(27)26(21(2,3)4)14-16-8-6-5-7-9-16/h5-13,15H,14H2,1-4H3,(H,23,24,25)/t15-/m0/s1. The number of rotatable bonds is 6. The third-order valence-electron chi connectivity index (χ3n) is 4.31. The van der Waals surface area contributed by atoms with Gasteiger partial charge in [0.15, 0.2) is 5.82 Å². The molecular formula is C21H25N5OS. The molecule has 1 aromatic carbocycles. The average molecular weight is 396 g/mol. The lowest BCUT2D eigenvalue weighted by Crippen LogP contribution is -2.48. The van der Waals surface area contributed by atoms with Crippen molar-refractivity contribution in [3.05, 3.63) is 60.4 Å². The van der Waals surface area contributed by atoms with Crippen molar-refractivity contribution in [1.29, 1.82) is 0 Å². The predicted molar refractivity (Wildman–Crippen MR) is 112 cm³/mol. The van der Waals surface area contributed by atoms with E-state index in [2.05, 4.69) is 40.9 Å². The maximum atomic E-state index is 13.2. The number of aromatic nitrogens is 4. The van der Waals surface area contributed by atoms with Crippen LogP contribution in [0.25, 0.3) is 11.4 Å². The molecule has 6 nitrogen and oxygen atoms in total. The summed E-state index contributed by atoms with van der Waals surface area (Å²) in [6, 6.07) is 13.8. The zero-order chi connectivity index (χ0) is 20.1. The average Bonchev–Trinajstić information content (AvgIpc) is 3.14. The molecule has 3 aromatic rings. The van der Waals surface area contributed by atoms with Crippen LogP contribution in [0.5, 0.6) is 0 Å². The van der Waals surface area contributed by atoms with Crippen molar-refractivity contribution in [2.45, 2.75) is 50.2 Å². The van der Waals surface area contributed by atoms with Gasteiger partial charge in [0, 0.05) is 30.0 Å². The van der Waals surface area contributed by atoms with E-state index in [1.807, 2.05) is 54.3 Å². The lowest BCUT2D eigenvalue weighted by atomic mass is 10.0. The summed E-state index contributed by atoms with van der Waals surface area (Å²) in [5.41, 5.74) is 1.73. The third-order valence-corrected chi connectivity index (χ3v) is 5.26. The van der Waals surface area contributed by atoms with E-state index in [1.165, 1.54) is 11.8 Å². The number of nitrogens with one attached hydrogen (secondary N) is 1. The quantitative estimate of drug-likeness (QED) is 0.634. The number of hydrogen-bond acceptors (Lipinski definition) is 5. The molecule has 0 aliphatic heterocycles. The highest BCUT2D eigenvalue weighted by Gasteiger charge is 2.31. The molecule has 0 aliphatic carbocycles. The zero-order valence-electron chi connectivity index (χ0n) is 16.6. The van der Waals surface area contributed by atoms with E-state index in [4.69, 9.17) is 0 Å². The van der Waals surface area contributed by atoms with Gasteiger partial charge in [0.2, 0.25) is 11.1 Å². The van der Waals surface area contributed by atoms with E-state index < -0.39 is 0 Å². The van der Waals surface area contributed by atoms with Crippen molar-refractivity contribution < 1.29 is 4.79 Å². The van der Waals surface area contributed by atoms with E-state index in [-0.39, 0.29) is 16.7 Å². The van der Waals surface area contributed by atoms with E-state index in [9.17, 15) is 4.79 Å². The summed E-state index contributed by atoms with van der Waals surface area (Å²) >= 11 is 1.36. The van der Waals surface area contributed by atoms with Gasteiger partial charge in [0.05, 0.1) is 5.25 Å². The van der Waals surface area contributed by atoms with Crippen molar-refractivity contribution in [1.82, 2.24) is 25.1 Å². The van der Waals surface area contributed by atoms with Crippen molar-refractivity contribution in [3.63, 3.8) is 0 Å². The second-order valence-corrected chi connectivity index (χ2v) is 8.85. The van der Waals surface area contributed by atoms with E-state index >= 15 is 0 Å². The van der Waals surface area contributed by atoms with E-state index in [1.54, 1.807) is 12.4 Å². The Hall–Kier alpha value is -2.67. The largest absolute Gasteiger partial charge is 0.333 e. The highest BCUT2D eigenvalue weighted by Crippen LogP contribution is 2.27. The van der Waals surface area contributed by atoms with Crippen LogP contribution >= 0.6 is 11.8 Å². The zero-order valence-corrected chi connectivity index (χ0v) is 17.4. The summed E-state index contributed by atoms with van der Waals surface area (Å²) in [5.74, 6) is 0.734.